The summed E-state index contributed by atoms with van der Waals surface area (Å²) in [6.07, 6.45) is 2.53. The van der Waals surface area contributed by atoms with Gasteiger partial charge in [0.05, 0.1) is 4.47 Å². The number of halogens is 1. The van der Waals surface area contributed by atoms with Crippen molar-refractivity contribution < 1.29 is 4.92 Å². The van der Waals surface area contributed by atoms with Crippen molar-refractivity contribution >= 4 is 27.4 Å². The quantitative estimate of drug-likeness (QED) is 0.601. The van der Waals surface area contributed by atoms with Crippen molar-refractivity contribution in [2.45, 2.75) is 6.42 Å². The van der Waals surface area contributed by atoms with E-state index in [0.717, 1.165) is 24.0 Å². The third kappa shape index (κ3) is 1.57. The van der Waals surface area contributed by atoms with E-state index in [1.54, 1.807) is 6.07 Å². The van der Waals surface area contributed by atoms with Crippen molar-refractivity contribution in [1.29, 1.82) is 0 Å². The summed E-state index contributed by atoms with van der Waals surface area (Å²) in [6, 6.07) is 1.74. The zero-order valence-electron chi connectivity index (χ0n) is 7.31. The first-order chi connectivity index (χ1) is 6.68. The van der Waals surface area contributed by atoms with Gasteiger partial charge in [0.15, 0.2) is 6.20 Å². The van der Waals surface area contributed by atoms with Crippen LogP contribution in [0.15, 0.2) is 16.7 Å². The van der Waals surface area contributed by atoms with Gasteiger partial charge in [0, 0.05) is 13.1 Å². The van der Waals surface area contributed by atoms with E-state index in [-0.39, 0.29) is 5.82 Å². The zero-order chi connectivity index (χ0) is 10.1. The Morgan fingerprint density at radius 2 is 2.29 bits per heavy atom. The Labute approximate surface area is 89.0 Å². The first-order valence-corrected chi connectivity index (χ1v) is 5.02. The van der Waals surface area contributed by atoms with Crippen molar-refractivity contribution in [3.63, 3.8) is 0 Å². The number of nitrogens with zero attached hydrogens (tertiary/aromatic N) is 3. The van der Waals surface area contributed by atoms with Crippen molar-refractivity contribution in [2.75, 3.05) is 18.0 Å². The summed E-state index contributed by atoms with van der Waals surface area (Å²) in [5.74, 6) is -0.0621. The summed E-state index contributed by atoms with van der Waals surface area (Å²) in [7, 11) is 0. The van der Waals surface area contributed by atoms with E-state index >= 15 is 0 Å². The third-order valence-electron chi connectivity index (χ3n) is 2.18. The van der Waals surface area contributed by atoms with E-state index in [1.807, 2.05) is 4.90 Å². The fraction of sp³-hybridized carbons (Fsp3) is 0.375. The van der Waals surface area contributed by atoms with E-state index in [1.165, 1.54) is 6.20 Å². The molecule has 1 aliphatic rings. The van der Waals surface area contributed by atoms with E-state index in [4.69, 9.17) is 0 Å². The summed E-state index contributed by atoms with van der Waals surface area (Å²) < 4.78 is 0.769. The van der Waals surface area contributed by atoms with Crippen molar-refractivity contribution in [2.24, 2.45) is 0 Å². The van der Waals surface area contributed by atoms with Gasteiger partial charge < -0.3 is 15.0 Å². The molecule has 0 unspecified atom stereocenters. The van der Waals surface area contributed by atoms with Crippen LogP contribution in [0.5, 0.6) is 0 Å². The van der Waals surface area contributed by atoms with E-state index < -0.39 is 4.92 Å². The van der Waals surface area contributed by atoms with E-state index in [2.05, 4.69) is 20.9 Å². The summed E-state index contributed by atoms with van der Waals surface area (Å²) in [6.45, 7) is 1.75. The van der Waals surface area contributed by atoms with Crippen LogP contribution in [0, 0.1) is 10.1 Å². The molecule has 0 saturated carbocycles. The molecule has 74 valence electrons. The number of anilines is 1. The van der Waals surface area contributed by atoms with Crippen LogP contribution in [0.3, 0.4) is 0 Å². The second-order valence-corrected chi connectivity index (χ2v) is 4.01. The number of pyridine rings is 1. The monoisotopic (exact) mass is 257 g/mol. The van der Waals surface area contributed by atoms with Gasteiger partial charge in [-0.15, -0.1) is 0 Å². The molecule has 0 radical (unpaired) electrons. The van der Waals surface area contributed by atoms with E-state index in [0.29, 0.717) is 5.69 Å². The molecule has 2 rings (SSSR count). The molecule has 0 spiro atoms. The zero-order valence-corrected chi connectivity index (χ0v) is 8.90. The van der Waals surface area contributed by atoms with Crippen LogP contribution in [-0.4, -0.2) is 23.0 Å². The molecule has 1 fully saturated rings. The van der Waals surface area contributed by atoms with Gasteiger partial charge in [0.25, 0.3) is 0 Å². The fourth-order valence-electron chi connectivity index (χ4n) is 1.35. The molecular formula is C8H8BrN3O2. The molecule has 1 saturated heterocycles. The number of hydrogen-bond donors (Lipinski definition) is 0. The average molecular weight is 258 g/mol. The molecule has 0 amide bonds. The van der Waals surface area contributed by atoms with Crippen molar-refractivity contribution in [3.8, 4) is 0 Å². The van der Waals surface area contributed by atoms with Crippen LogP contribution in [0.4, 0.5) is 11.5 Å². The number of hydrogen-bond acceptors (Lipinski definition) is 4. The van der Waals surface area contributed by atoms with Gasteiger partial charge in [0.2, 0.25) is 0 Å². The first-order valence-electron chi connectivity index (χ1n) is 4.23. The Bertz CT molecular complexity index is 379. The van der Waals surface area contributed by atoms with Crippen LogP contribution < -0.4 is 4.90 Å². The minimum atomic E-state index is -0.444. The van der Waals surface area contributed by atoms with Crippen LogP contribution in [0.2, 0.25) is 0 Å². The lowest BCUT2D eigenvalue weighted by atomic mass is 10.2. The lowest BCUT2D eigenvalue weighted by Gasteiger charge is -2.32. The maximum absolute atomic E-state index is 10.7. The second-order valence-electron chi connectivity index (χ2n) is 3.09. The highest BCUT2D eigenvalue weighted by Gasteiger charge is 2.25. The van der Waals surface area contributed by atoms with Crippen LogP contribution in [0.1, 0.15) is 6.42 Å². The standard InChI is InChI=1S/C8H8BrN3O2/c9-6-4-7(11-2-1-3-11)8(10-5-6)12(13)14/h4-5H,1-3H2. The smallest absolute Gasteiger partial charge is 0.364 e. The molecule has 1 aromatic heterocycles. The topological polar surface area (TPSA) is 59.3 Å². The molecule has 6 heteroatoms. The first kappa shape index (κ1) is 9.39. The highest BCUT2D eigenvalue weighted by Crippen LogP contribution is 2.31. The van der Waals surface area contributed by atoms with Gasteiger partial charge in [-0.25, -0.2) is 0 Å². The molecule has 5 nitrogen and oxygen atoms in total. The van der Waals surface area contributed by atoms with E-state index in [9.17, 15) is 10.1 Å². The molecule has 0 N–H and O–H groups in total. The number of aromatic nitrogens is 1. The van der Waals surface area contributed by atoms with Gasteiger partial charge in [-0.05, 0) is 38.3 Å². The second kappa shape index (κ2) is 3.53. The lowest BCUT2D eigenvalue weighted by Crippen LogP contribution is -2.37. The van der Waals surface area contributed by atoms with Gasteiger partial charge in [0.1, 0.15) is 5.69 Å². The Kier molecular flexibility index (Phi) is 2.37. The predicted molar refractivity (Wildman–Crippen MR) is 55.4 cm³/mol. The van der Waals surface area contributed by atoms with Crippen molar-refractivity contribution in [3.05, 3.63) is 26.9 Å². The lowest BCUT2D eigenvalue weighted by molar-refractivity contribution is -0.388. The molecule has 0 aliphatic carbocycles. The fourth-order valence-corrected chi connectivity index (χ4v) is 1.67. The molecular weight excluding hydrogens is 250 g/mol. The minimum absolute atomic E-state index is 0.0621. The van der Waals surface area contributed by atoms with Gasteiger partial charge >= 0.3 is 5.82 Å². The average Bonchev–Trinajstić information content (AvgIpc) is 2.00. The maximum Gasteiger partial charge on any atom is 0.387 e. The highest BCUT2D eigenvalue weighted by molar-refractivity contribution is 9.10. The van der Waals surface area contributed by atoms with Gasteiger partial charge in [-0.2, -0.15) is 0 Å². The summed E-state index contributed by atoms with van der Waals surface area (Å²) in [5.41, 5.74) is 0.607. The van der Waals surface area contributed by atoms with Crippen molar-refractivity contribution in [1.82, 2.24) is 4.98 Å². The SMILES string of the molecule is O=[N+]([O-])c1ncc(Br)cc1N1CCC1. The third-order valence-corrected chi connectivity index (χ3v) is 2.62. The maximum atomic E-state index is 10.7. The molecule has 0 atom stereocenters. The molecule has 2 heterocycles. The molecule has 1 aromatic rings. The minimum Gasteiger partial charge on any atom is -0.364 e. The molecule has 0 aromatic carbocycles. The summed E-state index contributed by atoms with van der Waals surface area (Å²) in [4.78, 5) is 16.0. The van der Waals surface area contributed by atoms with Crippen LogP contribution in [0.25, 0.3) is 0 Å². The van der Waals surface area contributed by atoms with Gasteiger partial charge in [-0.3, -0.25) is 0 Å². The Morgan fingerprint density at radius 1 is 1.57 bits per heavy atom. The largest absolute Gasteiger partial charge is 0.387 e. The Balaban J connectivity index is 2.42. The molecule has 1 aliphatic heterocycles. The number of nitro groups is 1. The highest BCUT2D eigenvalue weighted by atomic mass is 79.9. The van der Waals surface area contributed by atoms with Gasteiger partial charge in [-0.1, -0.05) is 0 Å². The number of rotatable bonds is 2. The van der Waals surface area contributed by atoms with Crippen LogP contribution in [-0.2, 0) is 0 Å². The Morgan fingerprint density at radius 3 is 2.79 bits per heavy atom. The predicted octanol–water partition coefficient (Wildman–Crippen LogP) is 1.96. The van der Waals surface area contributed by atoms with Crippen LogP contribution >= 0.6 is 15.9 Å². The normalized spacial score (nSPS) is 15.1. The summed E-state index contributed by atoms with van der Waals surface area (Å²) in [5, 5.41) is 10.7. The molecule has 14 heavy (non-hydrogen) atoms. The molecule has 0 bridgehead atoms. The Hall–Kier alpha value is -1.17. The summed E-state index contributed by atoms with van der Waals surface area (Å²) >= 11 is 3.26.